The fraction of sp³-hybridized carbons (Fsp3) is 0.538. The van der Waals surface area contributed by atoms with Crippen molar-refractivity contribution in [1.82, 2.24) is 16.0 Å². The zero-order chi connectivity index (χ0) is 20.4. The Morgan fingerprint density at radius 2 is 1.38 bits per heavy atom. The van der Waals surface area contributed by atoms with Gasteiger partial charge in [0.2, 0.25) is 23.6 Å². The number of carboxylic acid groups (broad SMARTS) is 2. The van der Waals surface area contributed by atoms with Crippen LogP contribution in [0, 0.1) is 0 Å². The van der Waals surface area contributed by atoms with Crippen LogP contribution in [-0.2, 0) is 28.8 Å². The molecule has 4 amide bonds. The number of hydrogen-bond donors (Lipinski definition) is 7. The first kappa shape index (κ1) is 22.8. The summed E-state index contributed by atoms with van der Waals surface area (Å²) in [6.07, 6.45) is -1.48. The van der Waals surface area contributed by atoms with E-state index >= 15 is 0 Å². The lowest BCUT2D eigenvalue weighted by Crippen LogP contribution is -2.57. The van der Waals surface area contributed by atoms with Crippen LogP contribution in [0.15, 0.2) is 0 Å². The van der Waals surface area contributed by atoms with Crippen LogP contribution in [0.3, 0.4) is 0 Å². The molecule has 0 radical (unpaired) electrons. The van der Waals surface area contributed by atoms with E-state index in [0.717, 1.165) is 6.92 Å². The van der Waals surface area contributed by atoms with Crippen LogP contribution < -0.4 is 27.4 Å². The molecule has 0 heterocycles. The summed E-state index contributed by atoms with van der Waals surface area (Å²) >= 11 is 0. The fourth-order valence-electron chi connectivity index (χ4n) is 1.70. The lowest BCUT2D eigenvalue weighted by atomic mass is 10.1. The van der Waals surface area contributed by atoms with Crippen LogP contribution in [0.5, 0.6) is 0 Å². The van der Waals surface area contributed by atoms with E-state index in [1.807, 2.05) is 5.32 Å². The molecule has 0 aromatic heterocycles. The average Bonchev–Trinajstić information content (AvgIpc) is 2.52. The molecule has 13 nitrogen and oxygen atoms in total. The van der Waals surface area contributed by atoms with Crippen molar-refractivity contribution in [1.29, 1.82) is 0 Å². The maximum Gasteiger partial charge on any atom is 0.325 e. The predicted octanol–water partition coefficient (Wildman–Crippen LogP) is -4.15. The van der Waals surface area contributed by atoms with E-state index in [4.69, 9.17) is 21.7 Å². The van der Waals surface area contributed by atoms with Crippen LogP contribution in [0.4, 0.5) is 0 Å². The Balaban J connectivity index is 5.24. The van der Waals surface area contributed by atoms with Gasteiger partial charge in [0.05, 0.1) is 19.4 Å². The third-order valence-electron chi connectivity index (χ3n) is 2.98. The summed E-state index contributed by atoms with van der Waals surface area (Å²) in [6.45, 7) is 0.642. The molecular weight excluding hydrogens is 354 g/mol. The third-order valence-corrected chi connectivity index (χ3v) is 2.98. The Morgan fingerprint density at radius 3 is 1.81 bits per heavy atom. The Labute approximate surface area is 147 Å². The predicted molar refractivity (Wildman–Crippen MR) is 84.2 cm³/mol. The SMILES string of the molecule is CC(NC(=O)C(CC(N)=O)NC(=O)C(CC(=O)O)NC(=O)CN)C(=O)O. The van der Waals surface area contributed by atoms with Crippen LogP contribution in [0.1, 0.15) is 19.8 Å². The summed E-state index contributed by atoms with van der Waals surface area (Å²) in [6, 6.07) is -4.45. The normalized spacial score (nSPS) is 13.6. The minimum absolute atomic E-state index is 0.509. The third kappa shape index (κ3) is 8.58. The van der Waals surface area contributed by atoms with Gasteiger partial charge in [-0.25, -0.2) is 0 Å². The van der Waals surface area contributed by atoms with E-state index in [2.05, 4.69) is 10.6 Å². The molecule has 0 aliphatic heterocycles. The lowest BCUT2D eigenvalue weighted by Gasteiger charge is -2.22. The molecule has 9 N–H and O–H groups in total. The Hall–Kier alpha value is -3.22. The average molecular weight is 375 g/mol. The number of amides is 4. The molecule has 3 unspecified atom stereocenters. The van der Waals surface area contributed by atoms with E-state index < -0.39 is 73.1 Å². The topological polar surface area (TPSA) is 231 Å². The number of carbonyl (C=O) groups excluding carboxylic acids is 4. The van der Waals surface area contributed by atoms with Crippen LogP contribution in [0.25, 0.3) is 0 Å². The molecule has 13 heteroatoms. The first-order valence-corrected chi connectivity index (χ1v) is 7.31. The van der Waals surface area contributed by atoms with Crippen molar-refractivity contribution < 1.29 is 39.0 Å². The molecule has 0 aliphatic rings. The smallest absolute Gasteiger partial charge is 0.325 e. The molecule has 0 fully saturated rings. The molecule has 0 saturated heterocycles. The number of rotatable bonds is 11. The van der Waals surface area contributed by atoms with Gasteiger partial charge in [-0.2, -0.15) is 0 Å². The maximum absolute atomic E-state index is 12.2. The number of aliphatic carboxylic acids is 2. The van der Waals surface area contributed by atoms with Gasteiger partial charge in [0.1, 0.15) is 18.1 Å². The van der Waals surface area contributed by atoms with Crippen molar-refractivity contribution in [3.8, 4) is 0 Å². The molecule has 0 aliphatic carbocycles. The molecule has 146 valence electrons. The van der Waals surface area contributed by atoms with Crippen LogP contribution in [-0.4, -0.2) is 70.5 Å². The standard InChI is InChI=1S/C13H21N5O8/c1-5(13(25)26)16-11(23)6(2-8(15)19)18-12(24)7(3-10(21)22)17-9(20)4-14/h5-7H,2-4,14H2,1H3,(H2,15,19)(H,16,23)(H,17,20)(H,18,24)(H,21,22)(H,25,26). The van der Waals surface area contributed by atoms with Gasteiger partial charge in [0.15, 0.2) is 0 Å². The van der Waals surface area contributed by atoms with Gasteiger partial charge in [0.25, 0.3) is 0 Å². The summed E-state index contributed by atoms with van der Waals surface area (Å²) in [5.41, 5.74) is 10.1. The van der Waals surface area contributed by atoms with Gasteiger partial charge in [-0.3, -0.25) is 28.8 Å². The van der Waals surface area contributed by atoms with Gasteiger partial charge in [0, 0.05) is 0 Å². The van der Waals surface area contributed by atoms with Gasteiger partial charge in [-0.05, 0) is 6.92 Å². The highest BCUT2D eigenvalue weighted by molar-refractivity contribution is 5.96. The van der Waals surface area contributed by atoms with Gasteiger partial charge < -0.3 is 37.6 Å². The van der Waals surface area contributed by atoms with Crippen molar-refractivity contribution in [2.75, 3.05) is 6.54 Å². The number of carboxylic acids is 2. The molecule has 26 heavy (non-hydrogen) atoms. The molecule has 0 spiro atoms. The van der Waals surface area contributed by atoms with Gasteiger partial charge in [-0.1, -0.05) is 0 Å². The molecule has 0 aromatic rings. The quantitative estimate of drug-likeness (QED) is 0.185. The van der Waals surface area contributed by atoms with Crippen molar-refractivity contribution >= 4 is 35.6 Å². The largest absolute Gasteiger partial charge is 0.481 e. The monoisotopic (exact) mass is 375 g/mol. The second-order valence-electron chi connectivity index (χ2n) is 5.22. The number of nitrogens with two attached hydrogens (primary N) is 2. The summed E-state index contributed by atoms with van der Waals surface area (Å²) in [5.74, 6) is -6.68. The first-order chi connectivity index (χ1) is 12.0. The van der Waals surface area contributed by atoms with Crippen molar-refractivity contribution in [3.05, 3.63) is 0 Å². The van der Waals surface area contributed by atoms with E-state index in [0.29, 0.717) is 0 Å². The van der Waals surface area contributed by atoms with Crippen molar-refractivity contribution in [3.63, 3.8) is 0 Å². The summed E-state index contributed by atoms with van der Waals surface area (Å²) in [7, 11) is 0. The highest BCUT2D eigenvalue weighted by Gasteiger charge is 2.30. The molecule has 0 aromatic carbocycles. The molecule has 0 rings (SSSR count). The first-order valence-electron chi connectivity index (χ1n) is 7.31. The zero-order valence-electron chi connectivity index (χ0n) is 13.9. The number of primary amides is 1. The van der Waals surface area contributed by atoms with Crippen LogP contribution in [0.2, 0.25) is 0 Å². The highest BCUT2D eigenvalue weighted by Crippen LogP contribution is 1.99. The highest BCUT2D eigenvalue weighted by atomic mass is 16.4. The van der Waals surface area contributed by atoms with E-state index in [9.17, 15) is 28.8 Å². The maximum atomic E-state index is 12.2. The fourth-order valence-corrected chi connectivity index (χ4v) is 1.70. The second kappa shape index (κ2) is 10.6. The Bertz CT molecular complexity index is 593. The van der Waals surface area contributed by atoms with E-state index in [-0.39, 0.29) is 0 Å². The summed E-state index contributed by atoms with van der Waals surface area (Å²) in [4.78, 5) is 68.2. The minimum atomic E-state index is -1.57. The van der Waals surface area contributed by atoms with Crippen LogP contribution >= 0.6 is 0 Å². The van der Waals surface area contributed by atoms with Gasteiger partial charge in [-0.15, -0.1) is 0 Å². The summed E-state index contributed by atoms with van der Waals surface area (Å²) < 4.78 is 0. The second-order valence-corrected chi connectivity index (χ2v) is 5.22. The number of hydrogen-bond acceptors (Lipinski definition) is 7. The lowest BCUT2D eigenvalue weighted by molar-refractivity contribution is -0.143. The molecule has 3 atom stereocenters. The van der Waals surface area contributed by atoms with E-state index in [1.165, 1.54) is 0 Å². The van der Waals surface area contributed by atoms with Gasteiger partial charge >= 0.3 is 11.9 Å². The molecule has 0 bridgehead atoms. The summed E-state index contributed by atoms with van der Waals surface area (Å²) in [5, 5.41) is 23.7. The molecular formula is C13H21N5O8. The zero-order valence-corrected chi connectivity index (χ0v) is 13.9. The van der Waals surface area contributed by atoms with Crippen molar-refractivity contribution in [2.45, 2.75) is 37.9 Å². The number of carbonyl (C=O) groups is 6. The minimum Gasteiger partial charge on any atom is -0.481 e. The van der Waals surface area contributed by atoms with E-state index in [1.54, 1.807) is 0 Å². The Kier molecular flexibility index (Phi) is 9.29. The van der Waals surface area contributed by atoms with Crippen molar-refractivity contribution in [2.24, 2.45) is 11.5 Å². The molecule has 0 saturated carbocycles. The number of nitrogens with one attached hydrogen (secondary N) is 3. The Morgan fingerprint density at radius 1 is 0.885 bits per heavy atom.